The number of pyridine rings is 1. The van der Waals surface area contributed by atoms with Gasteiger partial charge in [-0.05, 0) is 25.5 Å². The molecular weight excluding hydrogens is 192 g/mol. The molecule has 1 rings (SSSR count). The molecule has 0 radical (unpaired) electrons. The van der Waals surface area contributed by atoms with E-state index < -0.39 is 6.10 Å². The number of nitrogens with zero attached hydrogens (tertiary/aromatic N) is 1. The lowest BCUT2D eigenvalue weighted by Gasteiger charge is -2.14. The van der Waals surface area contributed by atoms with Gasteiger partial charge in [-0.3, -0.25) is 0 Å². The monoisotopic (exact) mass is 210 g/mol. The van der Waals surface area contributed by atoms with Crippen LogP contribution in [-0.4, -0.2) is 23.3 Å². The Morgan fingerprint density at radius 3 is 2.93 bits per heavy atom. The van der Waals surface area contributed by atoms with Crippen LogP contribution in [0.15, 0.2) is 12.3 Å². The number of aliphatic hydroxyl groups is 1. The van der Waals surface area contributed by atoms with E-state index in [1.54, 1.807) is 6.20 Å². The Hall–Kier alpha value is -1.13. The highest BCUT2D eigenvalue weighted by atomic mass is 16.5. The van der Waals surface area contributed by atoms with Crippen LogP contribution < -0.4 is 5.73 Å². The van der Waals surface area contributed by atoms with Gasteiger partial charge < -0.3 is 15.6 Å². The average molecular weight is 210 g/mol. The fourth-order valence-electron chi connectivity index (χ4n) is 1.51. The summed E-state index contributed by atoms with van der Waals surface area (Å²) in [5, 5.41) is 9.91. The van der Waals surface area contributed by atoms with Crippen LogP contribution in [0.25, 0.3) is 0 Å². The van der Waals surface area contributed by atoms with Crippen LogP contribution in [0.5, 0.6) is 0 Å². The molecule has 84 valence electrons. The van der Waals surface area contributed by atoms with Gasteiger partial charge in [0.15, 0.2) is 0 Å². The number of hydrogen-bond acceptors (Lipinski definition) is 4. The lowest BCUT2D eigenvalue weighted by Crippen LogP contribution is -2.09. The van der Waals surface area contributed by atoms with Crippen molar-refractivity contribution in [3.05, 3.63) is 23.4 Å². The zero-order valence-electron chi connectivity index (χ0n) is 9.23. The lowest BCUT2D eigenvalue weighted by atomic mass is 10.0. The minimum atomic E-state index is -0.592. The molecule has 0 saturated carbocycles. The van der Waals surface area contributed by atoms with Gasteiger partial charge in [-0.2, -0.15) is 0 Å². The molecule has 1 aromatic rings. The molecule has 0 aliphatic rings. The SMILES string of the molecule is CCOCCC(O)c1c(C)ccnc1N. The fraction of sp³-hybridized carbons (Fsp3) is 0.545. The third-order valence-corrected chi connectivity index (χ3v) is 2.31. The van der Waals surface area contributed by atoms with Gasteiger partial charge in [0.25, 0.3) is 0 Å². The van der Waals surface area contributed by atoms with E-state index >= 15 is 0 Å². The summed E-state index contributed by atoms with van der Waals surface area (Å²) in [5.74, 6) is 0.402. The number of aryl methyl sites for hydroxylation is 1. The van der Waals surface area contributed by atoms with E-state index in [0.717, 1.165) is 11.1 Å². The first-order valence-electron chi connectivity index (χ1n) is 5.13. The van der Waals surface area contributed by atoms with E-state index in [1.807, 2.05) is 19.9 Å². The summed E-state index contributed by atoms with van der Waals surface area (Å²) in [4.78, 5) is 3.97. The van der Waals surface area contributed by atoms with Gasteiger partial charge in [0, 0.05) is 31.4 Å². The Morgan fingerprint density at radius 1 is 1.60 bits per heavy atom. The number of ether oxygens (including phenoxy) is 1. The van der Waals surface area contributed by atoms with Crippen molar-refractivity contribution in [2.45, 2.75) is 26.4 Å². The summed E-state index contributed by atoms with van der Waals surface area (Å²) in [6.45, 7) is 5.03. The van der Waals surface area contributed by atoms with Gasteiger partial charge in [-0.25, -0.2) is 4.98 Å². The Balaban J connectivity index is 2.68. The Bertz CT molecular complexity index is 295. The van der Waals surface area contributed by atoms with Gasteiger partial charge in [0.05, 0.1) is 6.10 Å². The first-order valence-corrected chi connectivity index (χ1v) is 5.13. The quantitative estimate of drug-likeness (QED) is 0.721. The van der Waals surface area contributed by atoms with Gasteiger partial charge in [0.2, 0.25) is 0 Å². The fourth-order valence-corrected chi connectivity index (χ4v) is 1.51. The van der Waals surface area contributed by atoms with Crippen LogP contribution in [0, 0.1) is 6.92 Å². The zero-order chi connectivity index (χ0) is 11.3. The average Bonchev–Trinajstić information content (AvgIpc) is 2.18. The molecule has 0 spiro atoms. The summed E-state index contributed by atoms with van der Waals surface area (Å²) < 4.78 is 5.18. The molecule has 4 heteroatoms. The van der Waals surface area contributed by atoms with Gasteiger partial charge >= 0.3 is 0 Å². The van der Waals surface area contributed by atoms with Crippen molar-refractivity contribution < 1.29 is 9.84 Å². The predicted octanol–water partition coefficient (Wildman–Crippen LogP) is 1.43. The van der Waals surface area contributed by atoms with Crippen molar-refractivity contribution in [2.24, 2.45) is 0 Å². The van der Waals surface area contributed by atoms with Crippen molar-refractivity contribution in [3.8, 4) is 0 Å². The van der Waals surface area contributed by atoms with Crippen molar-refractivity contribution in [1.29, 1.82) is 0 Å². The van der Waals surface area contributed by atoms with Crippen LogP contribution in [0.1, 0.15) is 30.6 Å². The first kappa shape index (κ1) is 11.9. The van der Waals surface area contributed by atoms with Crippen LogP contribution in [0.3, 0.4) is 0 Å². The maximum absolute atomic E-state index is 9.91. The highest BCUT2D eigenvalue weighted by molar-refractivity contribution is 5.45. The van der Waals surface area contributed by atoms with Gasteiger partial charge in [0.1, 0.15) is 5.82 Å². The second-order valence-electron chi connectivity index (χ2n) is 3.43. The first-order chi connectivity index (χ1) is 7.16. The van der Waals surface area contributed by atoms with Crippen molar-refractivity contribution >= 4 is 5.82 Å². The molecule has 1 aromatic heterocycles. The number of nitrogens with two attached hydrogens (primary N) is 1. The molecule has 4 nitrogen and oxygen atoms in total. The number of rotatable bonds is 5. The van der Waals surface area contributed by atoms with Crippen molar-refractivity contribution in [3.63, 3.8) is 0 Å². The smallest absolute Gasteiger partial charge is 0.129 e. The van der Waals surface area contributed by atoms with E-state index in [4.69, 9.17) is 10.5 Å². The zero-order valence-corrected chi connectivity index (χ0v) is 9.23. The largest absolute Gasteiger partial charge is 0.388 e. The van der Waals surface area contributed by atoms with E-state index in [2.05, 4.69) is 4.98 Å². The van der Waals surface area contributed by atoms with E-state index in [1.165, 1.54) is 0 Å². The highest BCUT2D eigenvalue weighted by Crippen LogP contribution is 2.24. The Labute approximate surface area is 90.1 Å². The van der Waals surface area contributed by atoms with E-state index in [-0.39, 0.29) is 0 Å². The standard InChI is InChI=1S/C11H18N2O2/c1-3-15-7-5-9(14)10-8(2)4-6-13-11(10)12/h4,6,9,14H,3,5,7H2,1-2H3,(H2,12,13). The molecule has 0 amide bonds. The molecule has 0 bridgehead atoms. The third-order valence-electron chi connectivity index (χ3n) is 2.31. The molecule has 3 N–H and O–H groups in total. The Kier molecular flexibility index (Phi) is 4.52. The van der Waals surface area contributed by atoms with E-state index in [0.29, 0.717) is 25.5 Å². The van der Waals surface area contributed by atoms with Gasteiger partial charge in [-0.15, -0.1) is 0 Å². The minimum absolute atomic E-state index is 0.402. The van der Waals surface area contributed by atoms with Crippen LogP contribution >= 0.6 is 0 Å². The normalized spacial score (nSPS) is 12.7. The number of aliphatic hydroxyl groups excluding tert-OH is 1. The molecule has 1 heterocycles. The number of hydrogen-bond donors (Lipinski definition) is 2. The highest BCUT2D eigenvalue weighted by Gasteiger charge is 2.14. The second-order valence-corrected chi connectivity index (χ2v) is 3.43. The maximum atomic E-state index is 9.91. The minimum Gasteiger partial charge on any atom is -0.388 e. The molecule has 15 heavy (non-hydrogen) atoms. The summed E-state index contributed by atoms with van der Waals surface area (Å²) in [7, 11) is 0. The molecule has 0 aliphatic carbocycles. The van der Waals surface area contributed by atoms with Crippen LogP contribution in [-0.2, 0) is 4.74 Å². The summed E-state index contributed by atoms with van der Waals surface area (Å²) >= 11 is 0. The van der Waals surface area contributed by atoms with E-state index in [9.17, 15) is 5.11 Å². The third kappa shape index (κ3) is 3.18. The maximum Gasteiger partial charge on any atom is 0.129 e. The molecule has 0 saturated heterocycles. The molecule has 0 aromatic carbocycles. The lowest BCUT2D eigenvalue weighted by molar-refractivity contribution is 0.0885. The molecule has 1 atom stereocenters. The van der Waals surface area contributed by atoms with Crippen molar-refractivity contribution in [1.82, 2.24) is 4.98 Å². The summed E-state index contributed by atoms with van der Waals surface area (Å²) in [6, 6.07) is 1.84. The number of aromatic nitrogens is 1. The summed E-state index contributed by atoms with van der Waals surface area (Å²) in [6.07, 6.45) is 1.60. The molecule has 1 unspecified atom stereocenters. The van der Waals surface area contributed by atoms with Crippen LogP contribution in [0.2, 0.25) is 0 Å². The molecule has 0 aliphatic heterocycles. The number of anilines is 1. The number of nitrogen functional groups attached to an aromatic ring is 1. The van der Waals surface area contributed by atoms with Gasteiger partial charge in [-0.1, -0.05) is 0 Å². The Morgan fingerprint density at radius 2 is 2.33 bits per heavy atom. The molecular formula is C11H18N2O2. The van der Waals surface area contributed by atoms with Crippen molar-refractivity contribution in [2.75, 3.05) is 18.9 Å². The predicted molar refractivity (Wildman–Crippen MR) is 59.5 cm³/mol. The molecule has 0 fully saturated rings. The topological polar surface area (TPSA) is 68.4 Å². The second kappa shape index (κ2) is 5.68. The summed E-state index contributed by atoms with van der Waals surface area (Å²) in [5.41, 5.74) is 7.40. The van der Waals surface area contributed by atoms with Crippen LogP contribution in [0.4, 0.5) is 5.82 Å².